The number of phenolic OH excluding ortho intramolecular Hbond substituents is 1. The largest absolute Gasteiger partial charge is 0.506 e. The van der Waals surface area contributed by atoms with Crippen LogP contribution in [0.5, 0.6) is 5.75 Å². The topological polar surface area (TPSA) is 48.4 Å². The van der Waals surface area contributed by atoms with Gasteiger partial charge in [-0.25, -0.2) is 0 Å². The van der Waals surface area contributed by atoms with E-state index in [1.165, 1.54) is 0 Å². The Morgan fingerprint density at radius 3 is 2.50 bits per heavy atom. The fourth-order valence-electron chi connectivity index (χ4n) is 2.00. The van der Waals surface area contributed by atoms with E-state index in [1.54, 1.807) is 12.3 Å². The number of aromatic amines is 1. The summed E-state index contributed by atoms with van der Waals surface area (Å²) in [5.41, 5.74) is 3.58. The lowest BCUT2D eigenvalue weighted by Gasteiger charge is -2.04. The van der Waals surface area contributed by atoms with Crippen LogP contribution in [0.3, 0.4) is 0 Å². The second-order valence-electron chi connectivity index (χ2n) is 4.45. The van der Waals surface area contributed by atoms with Gasteiger partial charge in [0.05, 0.1) is 11.9 Å². The van der Waals surface area contributed by atoms with Crippen LogP contribution in [0.25, 0.3) is 11.1 Å². The van der Waals surface area contributed by atoms with E-state index in [2.05, 4.69) is 9.98 Å². The number of hydrogen-bond acceptors (Lipinski definition) is 2. The molecule has 0 atom stereocenters. The maximum Gasteiger partial charge on any atom is 0.141 e. The van der Waals surface area contributed by atoms with Gasteiger partial charge in [-0.2, -0.15) is 0 Å². The van der Waals surface area contributed by atoms with Crippen molar-refractivity contribution in [2.45, 2.75) is 0 Å². The maximum absolute atomic E-state index is 9.89. The summed E-state index contributed by atoms with van der Waals surface area (Å²) in [5, 5.41) is 9.89. The third-order valence-corrected chi connectivity index (χ3v) is 3.05. The number of nitrogens with zero attached hydrogens (tertiary/aromatic N) is 1. The standard InChI is InChI=1S/C17H14N2O/c20-17-9-8-14(13-5-2-1-3-6-13)11-16(17)19-12-15-7-4-10-18-15/h1-12,18,20H. The Morgan fingerprint density at radius 2 is 1.75 bits per heavy atom. The first kappa shape index (κ1) is 12.2. The summed E-state index contributed by atoms with van der Waals surface area (Å²) in [7, 11) is 0. The Kier molecular flexibility index (Phi) is 3.33. The third kappa shape index (κ3) is 2.62. The van der Waals surface area contributed by atoms with Crippen molar-refractivity contribution in [3.8, 4) is 16.9 Å². The van der Waals surface area contributed by atoms with Crippen LogP contribution in [0, 0.1) is 0 Å². The van der Waals surface area contributed by atoms with Gasteiger partial charge in [-0.15, -0.1) is 0 Å². The highest BCUT2D eigenvalue weighted by atomic mass is 16.3. The smallest absolute Gasteiger partial charge is 0.141 e. The van der Waals surface area contributed by atoms with Crippen molar-refractivity contribution in [2.24, 2.45) is 4.99 Å². The molecule has 3 nitrogen and oxygen atoms in total. The number of nitrogens with one attached hydrogen (secondary N) is 1. The molecule has 0 saturated carbocycles. The van der Waals surface area contributed by atoms with Gasteiger partial charge in [0.1, 0.15) is 11.4 Å². The number of aliphatic imine (C=N–C) groups is 1. The number of hydrogen-bond donors (Lipinski definition) is 2. The Labute approximate surface area is 117 Å². The Hall–Kier alpha value is -2.81. The van der Waals surface area contributed by atoms with Crippen LogP contribution in [0.2, 0.25) is 0 Å². The van der Waals surface area contributed by atoms with Crippen LogP contribution >= 0.6 is 0 Å². The van der Waals surface area contributed by atoms with Crippen LogP contribution in [0.15, 0.2) is 71.9 Å². The van der Waals surface area contributed by atoms with Crippen molar-refractivity contribution < 1.29 is 5.11 Å². The summed E-state index contributed by atoms with van der Waals surface area (Å²) in [6.45, 7) is 0. The van der Waals surface area contributed by atoms with Crippen molar-refractivity contribution in [2.75, 3.05) is 0 Å². The van der Waals surface area contributed by atoms with Crippen LogP contribution < -0.4 is 0 Å². The van der Waals surface area contributed by atoms with Crippen LogP contribution in [-0.2, 0) is 0 Å². The highest BCUT2D eigenvalue weighted by molar-refractivity contribution is 5.81. The molecule has 2 N–H and O–H groups in total. The minimum atomic E-state index is 0.174. The molecule has 1 aromatic heterocycles. The van der Waals surface area contributed by atoms with E-state index < -0.39 is 0 Å². The van der Waals surface area contributed by atoms with Crippen molar-refractivity contribution in [1.82, 2.24) is 4.98 Å². The number of aromatic hydroxyl groups is 1. The summed E-state index contributed by atoms with van der Waals surface area (Å²) in [5.74, 6) is 0.174. The van der Waals surface area contributed by atoms with Gasteiger partial charge >= 0.3 is 0 Å². The molecular formula is C17H14N2O. The minimum Gasteiger partial charge on any atom is -0.506 e. The zero-order valence-corrected chi connectivity index (χ0v) is 10.8. The summed E-state index contributed by atoms with van der Waals surface area (Å²) in [6, 6.07) is 19.3. The normalized spacial score (nSPS) is 11.0. The molecule has 0 fully saturated rings. The zero-order valence-electron chi connectivity index (χ0n) is 10.8. The summed E-state index contributed by atoms with van der Waals surface area (Å²) >= 11 is 0. The molecule has 0 aliphatic heterocycles. The molecule has 1 heterocycles. The fraction of sp³-hybridized carbons (Fsp3) is 0. The van der Waals surface area contributed by atoms with E-state index in [9.17, 15) is 5.11 Å². The van der Waals surface area contributed by atoms with Gasteiger partial charge in [0.25, 0.3) is 0 Å². The first-order valence-corrected chi connectivity index (χ1v) is 6.39. The molecule has 2 aromatic carbocycles. The van der Waals surface area contributed by atoms with E-state index in [1.807, 2.05) is 60.8 Å². The van der Waals surface area contributed by atoms with Gasteiger partial charge in [-0.1, -0.05) is 36.4 Å². The number of H-pyrrole nitrogens is 1. The molecule has 3 rings (SSSR count). The van der Waals surface area contributed by atoms with Crippen molar-refractivity contribution >= 4 is 11.9 Å². The second kappa shape index (κ2) is 5.45. The average Bonchev–Trinajstić information content (AvgIpc) is 3.01. The van der Waals surface area contributed by atoms with Gasteiger partial charge in [0.2, 0.25) is 0 Å². The predicted octanol–water partition coefficient (Wildman–Crippen LogP) is 4.14. The van der Waals surface area contributed by atoms with Gasteiger partial charge < -0.3 is 10.1 Å². The lowest BCUT2D eigenvalue weighted by Crippen LogP contribution is -1.80. The van der Waals surface area contributed by atoms with Gasteiger partial charge in [0.15, 0.2) is 0 Å². The summed E-state index contributed by atoms with van der Waals surface area (Å²) in [4.78, 5) is 7.37. The lowest BCUT2D eigenvalue weighted by molar-refractivity contribution is 0.477. The van der Waals surface area contributed by atoms with E-state index in [0.717, 1.165) is 16.8 Å². The van der Waals surface area contributed by atoms with E-state index in [0.29, 0.717) is 5.69 Å². The Morgan fingerprint density at radius 1 is 0.900 bits per heavy atom. The van der Waals surface area contributed by atoms with Crippen LogP contribution in [0.4, 0.5) is 5.69 Å². The predicted molar refractivity (Wildman–Crippen MR) is 81.6 cm³/mol. The number of aromatic nitrogens is 1. The van der Waals surface area contributed by atoms with E-state index in [4.69, 9.17) is 0 Å². The first-order chi connectivity index (χ1) is 9.83. The maximum atomic E-state index is 9.89. The molecule has 0 saturated heterocycles. The van der Waals surface area contributed by atoms with Gasteiger partial charge in [0, 0.05) is 6.20 Å². The highest BCUT2D eigenvalue weighted by Gasteiger charge is 2.03. The molecule has 98 valence electrons. The van der Waals surface area contributed by atoms with Crippen molar-refractivity contribution in [3.63, 3.8) is 0 Å². The Bertz CT molecular complexity index is 716. The summed E-state index contributed by atoms with van der Waals surface area (Å²) < 4.78 is 0. The van der Waals surface area contributed by atoms with Gasteiger partial charge in [-0.05, 0) is 35.4 Å². The van der Waals surface area contributed by atoms with Crippen molar-refractivity contribution in [3.05, 3.63) is 72.6 Å². The molecule has 3 heteroatoms. The third-order valence-electron chi connectivity index (χ3n) is 3.05. The quantitative estimate of drug-likeness (QED) is 0.685. The molecule has 20 heavy (non-hydrogen) atoms. The Balaban J connectivity index is 1.95. The molecule has 0 spiro atoms. The molecule has 3 aromatic rings. The lowest BCUT2D eigenvalue weighted by atomic mass is 10.1. The highest BCUT2D eigenvalue weighted by Crippen LogP contribution is 2.31. The molecular weight excluding hydrogens is 248 g/mol. The number of benzene rings is 2. The minimum absolute atomic E-state index is 0.174. The monoisotopic (exact) mass is 262 g/mol. The zero-order chi connectivity index (χ0) is 13.8. The number of phenols is 1. The molecule has 0 unspecified atom stereocenters. The average molecular weight is 262 g/mol. The van der Waals surface area contributed by atoms with E-state index in [-0.39, 0.29) is 5.75 Å². The first-order valence-electron chi connectivity index (χ1n) is 6.39. The summed E-state index contributed by atoms with van der Waals surface area (Å²) in [6.07, 6.45) is 3.53. The van der Waals surface area contributed by atoms with E-state index >= 15 is 0 Å². The molecule has 0 amide bonds. The second-order valence-corrected chi connectivity index (χ2v) is 4.45. The molecule has 0 radical (unpaired) electrons. The van der Waals surface area contributed by atoms with Gasteiger partial charge in [-0.3, -0.25) is 4.99 Å². The van der Waals surface area contributed by atoms with Crippen LogP contribution in [0.1, 0.15) is 5.69 Å². The molecule has 0 aliphatic rings. The molecule has 0 bridgehead atoms. The number of rotatable bonds is 3. The molecule has 0 aliphatic carbocycles. The van der Waals surface area contributed by atoms with Crippen molar-refractivity contribution in [1.29, 1.82) is 0 Å². The SMILES string of the molecule is Oc1ccc(-c2ccccc2)cc1N=Cc1ccc[nH]1. The van der Waals surface area contributed by atoms with Crippen LogP contribution in [-0.4, -0.2) is 16.3 Å². The fourth-order valence-corrected chi connectivity index (χ4v) is 2.00.